The Bertz CT molecular complexity index is 513. The maximum atomic E-state index is 5.77. The molecule has 2 heterocycles. The molecule has 0 bridgehead atoms. The molecule has 0 amide bonds. The number of anilines is 1. The Morgan fingerprint density at radius 3 is 2.89 bits per heavy atom. The van der Waals surface area contributed by atoms with Crippen LogP contribution in [0.25, 0.3) is 0 Å². The number of nitrogen functional groups attached to an aromatic ring is 1. The Labute approximate surface area is 116 Å². The predicted octanol–water partition coefficient (Wildman–Crippen LogP) is 2.57. The number of hydrazine groups is 1. The molecule has 0 aliphatic carbocycles. The normalized spacial score (nSPS) is 10.7. The van der Waals surface area contributed by atoms with Crippen molar-refractivity contribution in [2.75, 3.05) is 12.0 Å². The van der Waals surface area contributed by atoms with Gasteiger partial charge in [0.2, 0.25) is 5.88 Å². The summed E-state index contributed by atoms with van der Waals surface area (Å²) in [7, 11) is 0. The molecule has 0 aliphatic heterocycles. The van der Waals surface area contributed by atoms with Crippen LogP contribution < -0.4 is 16.0 Å². The van der Waals surface area contributed by atoms with E-state index in [0.717, 1.165) is 12.0 Å². The smallest absolute Gasteiger partial charge is 0.222 e. The summed E-state index contributed by atoms with van der Waals surface area (Å²) in [5.74, 6) is 6.94. The van der Waals surface area contributed by atoms with E-state index in [1.54, 1.807) is 11.3 Å². The highest BCUT2D eigenvalue weighted by molar-refractivity contribution is 7.09. The van der Waals surface area contributed by atoms with Crippen molar-refractivity contribution in [3.05, 3.63) is 34.3 Å². The lowest BCUT2D eigenvalue weighted by Crippen LogP contribution is -2.14. The molecular weight excluding hydrogens is 260 g/mol. The summed E-state index contributed by atoms with van der Waals surface area (Å²) >= 11 is 1.73. The van der Waals surface area contributed by atoms with Gasteiger partial charge in [-0.25, -0.2) is 15.8 Å². The number of hydrogen-bond donors (Lipinski definition) is 2. The van der Waals surface area contributed by atoms with Crippen molar-refractivity contribution in [2.45, 2.75) is 26.2 Å². The molecule has 3 N–H and O–H groups in total. The minimum Gasteiger partial charge on any atom is -0.477 e. The summed E-state index contributed by atoms with van der Waals surface area (Å²) in [4.78, 5) is 9.62. The van der Waals surface area contributed by atoms with Crippen LogP contribution in [0.1, 0.15) is 30.2 Å². The third-order valence-corrected chi connectivity index (χ3v) is 3.66. The van der Waals surface area contributed by atoms with Crippen LogP contribution in [0, 0.1) is 0 Å². The number of aromatic nitrogens is 2. The molecule has 0 radical (unpaired) electrons. The van der Waals surface area contributed by atoms with E-state index in [2.05, 4.69) is 40.7 Å². The van der Waals surface area contributed by atoms with Crippen molar-refractivity contribution in [1.29, 1.82) is 0 Å². The van der Waals surface area contributed by atoms with E-state index in [9.17, 15) is 0 Å². The number of nitrogens with zero attached hydrogens (tertiary/aromatic N) is 2. The second kappa shape index (κ2) is 6.49. The van der Waals surface area contributed by atoms with Gasteiger partial charge in [-0.2, -0.15) is 0 Å². The number of nitrogens with one attached hydrogen (secondary N) is 1. The first-order valence-corrected chi connectivity index (χ1v) is 7.07. The molecule has 0 aromatic carbocycles. The highest BCUT2D eigenvalue weighted by Crippen LogP contribution is 2.29. The summed E-state index contributed by atoms with van der Waals surface area (Å²) in [6.45, 7) is 4.72. The molecule has 0 spiro atoms. The quantitative estimate of drug-likeness (QED) is 0.627. The largest absolute Gasteiger partial charge is 0.477 e. The van der Waals surface area contributed by atoms with E-state index < -0.39 is 0 Å². The fraction of sp³-hybridized carbons (Fsp3) is 0.385. The van der Waals surface area contributed by atoms with Crippen molar-refractivity contribution in [1.82, 2.24) is 9.97 Å². The number of ether oxygens (including phenoxy) is 1. The highest BCUT2D eigenvalue weighted by atomic mass is 32.1. The molecule has 2 aromatic rings. The zero-order chi connectivity index (χ0) is 13.7. The topological polar surface area (TPSA) is 73.1 Å². The Hall–Kier alpha value is -1.66. The van der Waals surface area contributed by atoms with E-state index in [4.69, 9.17) is 10.6 Å². The van der Waals surface area contributed by atoms with Crippen LogP contribution in [-0.4, -0.2) is 16.6 Å². The van der Waals surface area contributed by atoms with Gasteiger partial charge in [0, 0.05) is 11.3 Å². The average molecular weight is 278 g/mol. The second-order valence-corrected chi connectivity index (χ2v) is 5.45. The van der Waals surface area contributed by atoms with Gasteiger partial charge in [0.1, 0.15) is 6.33 Å². The van der Waals surface area contributed by atoms with Gasteiger partial charge < -0.3 is 10.2 Å². The van der Waals surface area contributed by atoms with E-state index in [1.165, 1.54) is 11.2 Å². The number of rotatable bonds is 6. The van der Waals surface area contributed by atoms with Crippen molar-refractivity contribution in [3.8, 4) is 5.88 Å². The number of nitrogens with two attached hydrogens (primary N) is 1. The lowest BCUT2D eigenvalue weighted by molar-refractivity contribution is 0.305. The molecule has 2 rings (SSSR count). The first kappa shape index (κ1) is 13.8. The molecule has 0 saturated heterocycles. The van der Waals surface area contributed by atoms with Crippen LogP contribution >= 0.6 is 11.3 Å². The Morgan fingerprint density at radius 1 is 1.42 bits per heavy atom. The SMILES string of the molecule is CC(C)c1c(NN)ncnc1OCCc1cccs1. The van der Waals surface area contributed by atoms with Crippen molar-refractivity contribution < 1.29 is 4.74 Å². The zero-order valence-corrected chi connectivity index (χ0v) is 11.9. The van der Waals surface area contributed by atoms with Gasteiger partial charge in [0.15, 0.2) is 5.82 Å². The summed E-state index contributed by atoms with van der Waals surface area (Å²) < 4.78 is 5.77. The summed E-state index contributed by atoms with van der Waals surface area (Å²) in [6, 6.07) is 4.14. The van der Waals surface area contributed by atoms with Crippen LogP contribution in [0.2, 0.25) is 0 Å². The maximum Gasteiger partial charge on any atom is 0.222 e. The van der Waals surface area contributed by atoms with Gasteiger partial charge in [-0.15, -0.1) is 11.3 Å². The fourth-order valence-corrected chi connectivity index (χ4v) is 2.52. The number of hydrogen-bond acceptors (Lipinski definition) is 6. The molecule has 6 heteroatoms. The first-order chi connectivity index (χ1) is 9.22. The summed E-state index contributed by atoms with van der Waals surface area (Å²) in [5, 5.41) is 2.07. The molecule has 102 valence electrons. The molecule has 0 aliphatic rings. The molecule has 0 saturated carbocycles. The standard InChI is InChI=1S/C13H18N4OS/c1-9(2)11-12(17-14)15-8-16-13(11)18-6-5-10-4-3-7-19-10/h3-4,7-9H,5-6,14H2,1-2H3,(H,15,16,17). The third kappa shape index (κ3) is 3.42. The summed E-state index contributed by atoms with van der Waals surface area (Å²) in [6.07, 6.45) is 2.34. The van der Waals surface area contributed by atoms with Crippen molar-refractivity contribution >= 4 is 17.2 Å². The molecule has 2 aromatic heterocycles. The lowest BCUT2D eigenvalue weighted by atomic mass is 10.1. The maximum absolute atomic E-state index is 5.77. The molecule has 5 nitrogen and oxygen atoms in total. The predicted molar refractivity (Wildman–Crippen MR) is 77.4 cm³/mol. The van der Waals surface area contributed by atoms with Gasteiger partial charge in [-0.05, 0) is 17.4 Å². The van der Waals surface area contributed by atoms with Gasteiger partial charge in [-0.1, -0.05) is 19.9 Å². The van der Waals surface area contributed by atoms with Gasteiger partial charge in [0.25, 0.3) is 0 Å². The minimum atomic E-state index is 0.240. The van der Waals surface area contributed by atoms with Crippen LogP contribution in [-0.2, 0) is 6.42 Å². The Balaban J connectivity index is 2.07. The van der Waals surface area contributed by atoms with Crippen LogP contribution in [0.3, 0.4) is 0 Å². The zero-order valence-electron chi connectivity index (χ0n) is 11.1. The van der Waals surface area contributed by atoms with E-state index >= 15 is 0 Å². The fourth-order valence-electron chi connectivity index (χ4n) is 1.83. The molecule has 0 fully saturated rings. The summed E-state index contributed by atoms with van der Waals surface area (Å²) in [5.41, 5.74) is 3.51. The van der Waals surface area contributed by atoms with Crippen molar-refractivity contribution in [3.63, 3.8) is 0 Å². The van der Waals surface area contributed by atoms with Gasteiger partial charge in [-0.3, -0.25) is 0 Å². The highest BCUT2D eigenvalue weighted by Gasteiger charge is 2.15. The van der Waals surface area contributed by atoms with E-state index in [-0.39, 0.29) is 5.92 Å². The van der Waals surface area contributed by atoms with Crippen LogP contribution in [0.15, 0.2) is 23.8 Å². The minimum absolute atomic E-state index is 0.240. The molecule has 19 heavy (non-hydrogen) atoms. The third-order valence-electron chi connectivity index (χ3n) is 2.73. The van der Waals surface area contributed by atoms with E-state index in [0.29, 0.717) is 18.3 Å². The van der Waals surface area contributed by atoms with Gasteiger partial charge in [0.05, 0.1) is 12.2 Å². The molecule has 0 unspecified atom stereocenters. The monoisotopic (exact) mass is 278 g/mol. The van der Waals surface area contributed by atoms with Crippen molar-refractivity contribution in [2.24, 2.45) is 5.84 Å². The Morgan fingerprint density at radius 2 is 2.26 bits per heavy atom. The van der Waals surface area contributed by atoms with Gasteiger partial charge >= 0.3 is 0 Å². The molecule has 0 atom stereocenters. The van der Waals surface area contributed by atoms with E-state index in [1.807, 2.05) is 6.07 Å². The van der Waals surface area contributed by atoms with Crippen LogP contribution in [0.5, 0.6) is 5.88 Å². The second-order valence-electron chi connectivity index (χ2n) is 4.42. The Kier molecular flexibility index (Phi) is 4.70. The number of thiophene rings is 1. The average Bonchev–Trinajstić information content (AvgIpc) is 2.91. The molecular formula is C13H18N4OS. The van der Waals surface area contributed by atoms with Crippen LogP contribution in [0.4, 0.5) is 5.82 Å². The first-order valence-electron chi connectivity index (χ1n) is 6.19. The lowest BCUT2D eigenvalue weighted by Gasteiger charge is -2.15.